The third-order valence-electron chi connectivity index (χ3n) is 3.98. The smallest absolute Gasteiger partial charge is 0.0193 e. The van der Waals surface area contributed by atoms with Crippen LogP contribution >= 0.6 is 0 Å². The molecule has 2 heteroatoms. The van der Waals surface area contributed by atoms with E-state index in [2.05, 4.69) is 22.8 Å². The molecular weight excluding hydrogens is 196 g/mol. The van der Waals surface area contributed by atoms with E-state index in [1.54, 1.807) is 5.57 Å². The zero-order valence-corrected chi connectivity index (χ0v) is 10.7. The zero-order chi connectivity index (χ0) is 11.2. The topological polar surface area (TPSA) is 6.48 Å². The van der Waals surface area contributed by atoms with Gasteiger partial charge in [-0.3, -0.25) is 4.90 Å². The van der Waals surface area contributed by atoms with Gasteiger partial charge in [0.15, 0.2) is 0 Å². The molecule has 0 aliphatic carbocycles. The highest BCUT2D eigenvalue weighted by molar-refractivity contribution is 5.04. The Labute approximate surface area is 100 Å². The molecule has 2 saturated heterocycles. The van der Waals surface area contributed by atoms with Gasteiger partial charge in [0, 0.05) is 13.1 Å². The van der Waals surface area contributed by atoms with Crippen LogP contribution in [0.15, 0.2) is 11.6 Å². The normalized spacial score (nSPS) is 24.4. The number of nitrogens with zero attached hydrogens (tertiary/aromatic N) is 2. The van der Waals surface area contributed by atoms with Gasteiger partial charge in [-0.05, 0) is 65.2 Å². The Balaban J connectivity index is 1.68. The maximum atomic E-state index is 2.62. The van der Waals surface area contributed by atoms with Crippen LogP contribution in [0.3, 0.4) is 0 Å². The molecule has 16 heavy (non-hydrogen) atoms. The van der Waals surface area contributed by atoms with Gasteiger partial charge in [-0.25, -0.2) is 0 Å². The largest absolute Gasteiger partial charge is 0.303 e. The molecule has 0 aromatic heterocycles. The average Bonchev–Trinajstić information content (AvgIpc) is 2.97. The van der Waals surface area contributed by atoms with Crippen molar-refractivity contribution in [3.05, 3.63) is 11.6 Å². The van der Waals surface area contributed by atoms with E-state index in [0.29, 0.717) is 0 Å². The fraction of sp³-hybridized carbons (Fsp3) is 0.857. The second-order valence-corrected chi connectivity index (χ2v) is 5.23. The summed E-state index contributed by atoms with van der Waals surface area (Å²) in [6.07, 6.45) is 9.27. The van der Waals surface area contributed by atoms with Gasteiger partial charge < -0.3 is 4.90 Å². The van der Waals surface area contributed by atoms with Gasteiger partial charge in [0.25, 0.3) is 0 Å². The number of hydrogen-bond acceptors (Lipinski definition) is 2. The van der Waals surface area contributed by atoms with Crippen molar-refractivity contribution in [1.82, 2.24) is 9.80 Å². The molecular formula is C14H26N2. The monoisotopic (exact) mass is 222 g/mol. The average molecular weight is 222 g/mol. The van der Waals surface area contributed by atoms with Crippen LogP contribution in [0.1, 0.15) is 39.0 Å². The quantitative estimate of drug-likeness (QED) is 0.660. The van der Waals surface area contributed by atoms with Crippen LogP contribution in [-0.2, 0) is 0 Å². The number of hydrogen-bond donors (Lipinski definition) is 0. The van der Waals surface area contributed by atoms with Gasteiger partial charge >= 0.3 is 0 Å². The summed E-state index contributed by atoms with van der Waals surface area (Å²) in [6.45, 7) is 10.0. The third-order valence-corrected chi connectivity index (χ3v) is 3.98. The summed E-state index contributed by atoms with van der Waals surface area (Å²) in [5, 5.41) is 0. The van der Waals surface area contributed by atoms with Crippen molar-refractivity contribution in [2.75, 3.05) is 39.3 Å². The molecule has 2 fully saturated rings. The molecule has 2 aliphatic heterocycles. The molecule has 0 spiro atoms. The molecule has 0 atom stereocenters. The molecule has 0 aromatic carbocycles. The van der Waals surface area contributed by atoms with Gasteiger partial charge in [-0.1, -0.05) is 11.6 Å². The van der Waals surface area contributed by atoms with Crippen LogP contribution in [0.5, 0.6) is 0 Å². The molecule has 2 heterocycles. The Morgan fingerprint density at radius 3 is 2.06 bits per heavy atom. The molecule has 0 bridgehead atoms. The van der Waals surface area contributed by atoms with E-state index < -0.39 is 0 Å². The highest BCUT2D eigenvalue weighted by Gasteiger charge is 2.14. The molecule has 0 amide bonds. The van der Waals surface area contributed by atoms with Crippen LogP contribution in [0.4, 0.5) is 0 Å². The van der Waals surface area contributed by atoms with Gasteiger partial charge in [0.1, 0.15) is 0 Å². The molecule has 92 valence electrons. The lowest BCUT2D eigenvalue weighted by Crippen LogP contribution is -2.25. The van der Waals surface area contributed by atoms with Crippen molar-refractivity contribution in [2.45, 2.75) is 39.0 Å². The summed E-state index contributed by atoms with van der Waals surface area (Å²) < 4.78 is 0. The van der Waals surface area contributed by atoms with Crippen LogP contribution in [-0.4, -0.2) is 49.1 Å². The number of rotatable bonds is 5. The Bertz CT molecular complexity index is 223. The van der Waals surface area contributed by atoms with Gasteiger partial charge in [-0.2, -0.15) is 0 Å². The molecule has 0 aromatic rings. The lowest BCUT2D eigenvalue weighted by Gasteiger charge is -2.20. The van der Waals surface area contributed by atoms with Crippen LogP contribution in [0, 0.1) is 0 Å². The van der Waals surface area contributed by atoms with Crippen molar-refractivity contribution in [3.63, 3.8) is 0 Å². The van der Waals surface area contributed by atoms with Crippen molar-refractivity contribution in [1.29, 1.82) is 0 Å². The summed E-state index contributed by atoms with van der Waals surface area (Å²) in [4.78, 5) is 5.23. The first-order valence-electron chi connectivity index (χ1n) is 6.97. The summed E-state index contributed by atoms with van der Waals surface area (Å²) in [5.41, 5.74) is 1.65. The maximum absolute atomic E-state index is 2.62. The molecule has 0 saturated carbocycles. The standard InChI is InChI=1S/C14H26N2/c1-2-14(13-16-10-5-6-11-16)7-12-15-8-3-4-9-15/h2H,3-13H2,1H3/b14-2-. The predicted molar refractivity (Wildman–Crippen MR) is 69.7 cm³/mol. The van der Waals surface area contributed by atoms with Crippen molar-refractivity contribution in [2.24, 2.45) is 0 Å². The Morgan fingerprint density at radius 1 is 0.938 bits per heavy atom. The first-order chi connectivity index (χ1) is 7.88. The van der Waals surface area contributed by atoms with Gasteiger partial charge in [0.05, 0.1) is 0 Å². The van der Waals surface area contributed by atoms with Crippen molar-refractivity contribution >= 4 is 0 Å². The summed E-state index contributed by atoms with van der Waals surface area (Å²) in [5.74, 6) is 0. The first kappa shape index (κ1) is 12.1. The van der Waals surface area contributed by atoms with E-state index in [0.717, 1.165) is 0 Å². The summed E-state index contributed by atoms with van der Waals surface area (Å²) in [6, 6.07) is 0. The minimum atomic E-state index is 1.23. The summed E-state index contributed by atoms with van der Waals surface area (Å²) >= 11 is 0. The maximum Gasteiger partial charge on any atom is 0.0193 e. The van der Waals surface area contributed by atoms with E-state index in [4.69, 9.17) is 0 Å². The second kappa shape index (κ2) is 6.41. The first-order valence-corrected chi connectivity index (χ1v) is 6.97. The van der Waals surface area contributed by atoms with Gasteiger partial charge in [-0.15, -0.1) is 0 Å². The van der Waals surface area contributed by atoms with Crippen molar-refractivity contribution < 1.29 is 0 Å². The molecule has 2 aliphatic rings. The molecule has 2 nitrogen and oxygen atoms in total. The lowest BCUT2D eigenvalue weighted by molar-refractivity contribution is 0.327. The highest BCUT2D eigenvalue weighted by atomic mass is 15.1. The zero-order valence-electron chi connectivity index (χ0n) is 10.7. The predicted octanol–water partition coefficient (Wildman–Crippen LogP) is 2.51. The van der Waals surface area contributed by atoms with Crippen LogP contribution in [0.2, 0.25) is 0 Å². The fourth-order valence-electron chi connectivity index (χ4n) is 2.85. The molecule has 0 N–H and O–H groups in total. The van der Waals surface area contributed by atoms with E-state index >= 15 is 0 Å². The highest BCUT2D eigenvalue weighted by Crippen LogP contribution is 2.14. The van der Waals surface area contributed by atoms with E-state index in [1.165, 1.54) is 71.4 Å². The number of likely N-dealkylation sites (tertiary alicyclic amines) is 2. The second-order valence-electron chi connectivity index (χ2n) is 5.23. The molecule has 0 unspecified atom stereocenters. The fourth-order valence-corrected chi connectivity index (χ4v) is 2.85. The minimum Gasteiger partial charge on any atom is -0.303 e. The van der Waals surface area contributed by atoms with E-state index in [-0.39, 0.29) is 0 Å². The van der Waals surface area contributed by atoms with Crippen molar-refractivity contribution in [3.8, 4) is 0 Å². The Hall–Kier alpha value is -0.340. The molecule has 2 rings (SSSR count). The Kier molecular flexibility index (Phi) is 4.86. The van der Waals surface area contributed by atoms with E-state index in [9.17, 15) is 0 Å². The Morgan fingerprint density at radius 2 is 1.50 bits per heavy atom. The summed E-state index contributed by atoms with van der Waals surface area (Å²) in [7, 11) is 0. The van der Waals surface area contributed by atoms with Crippen LogP contribution in [0.25, 0.3) is 0 Å². The van der Waals surface area contributed by atoms with Gasteiger partial charge in [0.2, 0.25) is 0 Å². The van der Waals surface area contributed by atoms with E-state index in [1.807, 2.05) is 0 Å². The lowest BCUT2D eigenvalue weighted by atomic mass is 10.1. The number of allylic oxidation sites excluding steroid dienone is 1. The molecule has 0 radical (unpaired) electrons. The third kappa shape index (κ3) is 3.60. The minimum absolute atomic E-state index is 1.23. The van der Waals surface area contributed by atoms with Crippen LogP contribution < -0.4 is 0 Å². The SMILES string of the molecule is C/C=C(/CCN1CCCC1)CN1CCCC1.